The molecule has 3 aliphatic heterocycles. The highest BCUT2D eigenvalue weighted by molar-refractivity contribution is 14.1. The van der Waals surface area contributed by atoms with Gasteiger partial charge < -0.3 is 131 Å². The Balaban J connectivity index is 0.000000323. The smallest absolute Gasteiger partial charge is 0.336 e. The van der Waals surface area contributed by atoms with Crippen molar-refractivity contribution in [3.63, 3.8) is 0 Å². The molecule has 15 atom stereocenters. The summed E-state index contributed by atoms with van der Waals surface area (Å²) < 4.78 is 6.35. The maximum atomic E-state index is 14.6. The molecule has 0 spiro atoms. The first-order valence-corrected chi connectivity index (χ1v) is 50.4. The van der Waals surface area contributed by atoms with E-state index in [1.54, 1.807) is 89.4 Å². The van der Waals surface area contributed by atoms with Crippen LogP contribution >= 0.6 is 44.2 Å². The zero-order chi connectivity index (χ0) is 105. The van der Waals surface area contributed by atoms with Crippen LogP contribution in [0.4, 0.5) is 10.5 Å². The lowest BCUT2D eigenvalue weighted by Crippen LogP contribution is -2.61. The maximum absolute atomic E-state index is 14.6. The highest BCUT2D eigenvalue weighted by Gasteiger charge is 2.44. The number of nitrogens with two attached hydrogens (primary N) is 2. The molecule has 0 bridgehead atoms. The molecule has 2 saturated heterocycles. The molecule has 16 amide bonds. The van der Waals surface area contributed by atoms with Crippen LogP contribution in [0.5, 0.6) is 5.75 Å². The van der Waals surface area contributed by atoms with Crippen LogP contribution in [-0.4, -0.2) is 268 Å². The van der Waals surface area contributed by atoms with E-state index in [1.807, 2.05) is 36.4 Å². The van der Waals surface area contributed by atoms with E-state index >= 15 is 0 Å². The molecule has 0 radical (unpaired) electrons. The van der Waals surface area contributed by atoms with Crippen molar-refractivity contribution in [2.45, 2.75) is 205 Å². The summed E-state index contributed by atoms with van der Waals surface area (Å²) in [5.41, 5.74) is 13.9. The predicted molar refractivity (Wildman–Crippen MR) is 540 cm³/mol. The number of aliphatic hydroxyl groups excluding tert-OH is 2. The Hall–Kier alpha value is -14.0. The van der Waals surface area contributed by atoms with Gasteiger partial charge in [-0.3, -0.25) is 76.7 Å². The second-order valence-electron chi connectivity index (χ2n) is 36.1. The van der Waals surface area contributed by atoms with Crippen LogP contribution in [0.15, 0.2) is 141 Å². The number of halogens is 1. The van der Waals surface area contributed by atoms with Gasteiger partial charge in [-0.25, -0.2) is 19.6 Å². The Morgan fingerprint density at radius 3 is 2.02 bits per heavy atom. The molecule has 5 heterocycles. The van der Waals surface area contributed by atoms with Crippen LogP contribution in [0.3, 0.4) is 0 Å². The largest absolute Gasteiger partial charge is 0.508 e. The Labute approximate surface area is 849 Å². The number of hydrogen-bond acceptors (Lipinski definition) is 27. The Bertz CT molecular complexity index is 5830. The standard InChI is InChI=1S/C49H74IN11O13S2.C47H50N10O11/c1-8-25(6)40(48(73)54-31(41(51)66)11-23(2)3)60-45(70)34(15-28-18-52-22-53-28)56-46(71)36-21-76-75-20-26(7)49(74)61-19-29(62)16-37(61)47(72)58-33(14-27-9-10-38(63)30(50)13-27)43(68)57-35(17-39(64)65)44(69)55-32(12-24(4)5)42(67)59-36;1-49-44(63)36(23-39-50-17-18-51-39)57-45(64)35(19-26-7-3-2-4-8-26)56-41(61)25-53-40(60)24-54-43(62)34(48)9-5-6-16-52-47(67)55-27-10-13-30(33(20-27)46(65)66)42-31-14-11-28(58)21-37(31)68-38-22-29(59)12-15-32(38)42/h10,13,18,22-27,29,31-37,40,62-63H,8-9,11-12,14-17,19-21H2,1-7H3,(H2,51,66)(H,52,53)(H,54,73)(H,55,69)(H,56,71)(H,57,68)(H,58,72)(H,59,67)(H,60,70)(H,64,65);2-4,7-8,10-15,17-18,20-22,34-36,58H,5-6,9,16,19,23-25,48H2,1H3,(H,49,63)(H,50,51)(H,53,60)(H,54,62)(H,56,61)(H,57,64)(H,65,66)(H2,52,55,67)/t25?,26-,27?,29?,31-,32-,33-,34-,35-,36-,37-,40-;34-,35-,36-/m00/s1. The molecule has 5 aromatic rings. The SMILES string of the molecule is CCC(C)[C@H](NC(=O)[C@H](Cc1cnc[nH]1)NC(=O)[C@@H]1CSSC[C@H](C)C(=O)N2CC(O)C[C@H]2C(=O)N[C@@H](CC2C=C(I)C(O)=CC2)C(=O)N[C@@H](CC(=O)O)C(=O)N[C@@H](CC(C)C)C(=O)N1)C(=O)N[C@@H](CC(C)C)C(N)=O.CNC(=O)[C@H](Cc1ncc[nH]1)NC(=O)[C@H](Cc1ccccc1)NC(=O)CNC(=O)CNC(=O)[C@@H](N)CCCCNC(=O)Nc1ccc(-c2c3ccc(=O)cc-3oc3cc(O)ccc23)c(C(=O)O)c1. The molecule has 48 heteroatoms. The fourth-order valence-corrected chi connectivity index (χ4v) is 19.2. The normalized spacial score (nSPS) is 19.5. The molecule has 144 heavy (non-hydrogen) atoms. The number of H-pyrrole nitrogens is 2. The van der Waals surface area contributed by atoms with E-state index in [2.05, 4.69) is 94.4 Å². The minimum absolute atomic E-state index is 0.0116. The number of likely N-dealkylation sites (N-methyl/N-ethyl adjacent to an activating group) is 1. The molecular formula is C96H124IN21O24S2. The Kier molecular flexibility index (Phi) is 43.4. The van der Waals surface area contributed by atoms with Crippen LogP contribution in [0.1, 0.15) is 140 Å². The number of imidazole rings is 2. The predicted octanol–water partition coefficient (Wildman–Crippen LogP) is 2.35. The number of anilines is 1. The highest BCUT2D eigenvalue weighted by Crippen LogP contribution is 2.43. The number of carbonyl (C=O) groups is 17. The van der Waals surface area contributed by atoms with Gasteiger partial charge in [0.05, 0.1) is 47.1 Å². The minimum atomic E-state index is -1.80. The van der Waals surface area contributed by atoms with E-state index in [4.69, 9.17) is 15.9 Å². The van der Waals surface area contributed by atoms with Crippen LogP contribution < -0.4 is 91.3 Å². The van der Waals surface area contributed by atoms with Gasteiger partial charge in [-0.15, -0.1) is 0 Å². The van der Waals surface area contributed by atoms with E-state index < -0.39 is 210 Å². The van der Waals surface area contributed by atoms with Crippen molar-refractivity contribution in [3.8, 4) is 28.2 Å². The van der Waals surface area contributed by atoms with E-state index in [-0.39, 0.29) is 139 Å². The second-order valence-corrected chi connectivity index (χ2v) is 39.8. The van der Waals surface area contributed by atoms with Crippen molar-refractivity contribution < 1.29 is 111 Å². The molecule has 45 nitrogen and oxygen atoms in total. The number of urea groups is 1. The van der Waals surface area contributed by atoms with Gasteiger partial charge >= 0.3 is 18.0 Å². The summed E-state index contributed by atoms with van der Waals surface area (Å²) in [6, 6.07) is 7.13. The number of aromatic nitrogens is 4. The van der Waals surface area contributed by atoms with Crippen molar-refractivity contribution in [1.82, 2.24) is 94.0 Å². The molecule has 776 valence electrons. The number of allylic oxidation sites excluding steroid dienone is 3. The fourth-order valence-electron chi connectivity index (χ4n) is 16.0. The van der Waals surface area contributed by atoms with Crippen molar-refractivity contribution >= 4 is 162 Å². The number of primary amides is 1. The average Bonchev–Trinajstić information content (AvgIpc) is 0.902. The molecule has 2 aliphatic carbocycles. The number of aromatic carboxylic acids is 1. The summed E-state index contributed by atoms with van der Waals surface area (Å²) in [6.45, 7) is 11.4. The highest BCUT2D eigenvalue weighted by atomic mass is 127. The molecule has 5 aliphatic rings. The number of amides is 16. The quantitative estimate of drug-likeness (QED) is 0.0113. The van der Waals surface area contributed by atoms with Gasteiger partial charge in [0, 0.05) is 122 Å². The van der Waals surface area contributed by atoms with Crippen molar-refractivity contribution in [1.29, 1.82) is 0 Å². The Morgan fingerprint density at radius 2 is 1.35 bits per heavy atom. The van der Waals surface area contributed by atoms with Gasteiger partial charge in [0.25, 0.3) is 0 Å². The third kappa shape index (κ3) is 34.4. The summed E-state index contributed by atoms with van der Waals surface area (Å²) in [6.07, 6.45) is 8.76. The lowest BCUT2D eigenvalue weighted by molar-refractivity contribution is -0.142. The van der Waals surface area contributed by atoms with Gasteiger partial charge in [-0.05, 0) is 145 Å². The van der Waals surface area contributed by atoms with Crippen molar-refractivity contribution in [2.24, 2.45) is 41.1 Å². The fraction of sp³-hybridized carbons (Fsp3) is 0.458. The summed E-state index contributed by atoms with van der Waals surface area (Å²) in [4.78, 5) is 255. The number of hydrogen-bond donors (Lipinski definition) is 23. The first-order valence-electron chi connectivity index (χ1n) is 46.8. The summed E-state index contributed by atoms with van der Waals surface area (Å²) >= 11 is 1.91. The number of nitrogens with one attached hydrogen (secondary N) is 16. The molecule has 10 rings (SSSR count). The van der Waals surface area contributed by atoms with Gasteiger partial charge in [0.15, 0.2) is 5.43 Å². The van der Waals surface area contributed by atoms with Gasteiger partial charge in [0.2, 0.25) is 82.7 Å². The number of carboxylic acid groups (broad SMARTS) is 2. The number of carbonyl (C=O) groups excluding carboxylic acids is 15. The number of nitrogens with zero attached hydrogens (tertiary/aromatic N) is 3. The summed E-state index contributed by atoms with van der Waals surface area (Å²) in [5, 5.41) is 88.1. The molecule has 3 aromatic carbocycles. The molecule has 3 unspecified atom stereocenters. The number of phenolic OH excluding ortho intramolecular Hbond substituents is 1. The zero-order valence-electron chi connectivity index (χ0n) is 80.5. The molecule has 0 saturated carbocycles. The lowest BCUT2D eigenvalue weighted by atomic mass is 9.90. The third-order valence-corrected chi connectivity index (χ3v) is 27.2. The Morgan fingerprint density at radius 1 is 0.681 bits per heavy atom. The van der Waals surface area contributed by atoms with E-state index in [1.165, 1.54) is 90.0 Å². The average molecular weight is 2150 g/mol. The van der Waals surface area contributed by atoms with Crippen molar-refractivity contribution in [3.05, 3.63) is 164 Å². The lowest BCUT2D eigenvalue weighted by Gasteiger charge is -2.30. The van der Waals surface area contributed by atoms with Crippen LogP contribution in [0.2, 0.25) is 0 Å². The first-order chi connectivity index (χ1) is 68.4. The number of phenols is 1. The number of carboxylic acids is 2. The van der Waals surface area contributed by atoms with E-state index in [0.717, 1.165) is 16.4 Å². The first kappa shape index (κ1) is 114. The van der Waals surface area contributed by atoms with Crippen LogP contribution in [0, 0.1) is 29.6 Å². The van der Waals surface area contributed by atoms with Gasteiger partial charge in [-0.1, -0.05) is 119 Å². The van der Waals surface area contributed by atoms with Gasteiger partial charge in [-0.2, -0.15) is 0 Å². The maximum Gasteiger partial charge on any atom is 0.336 e. The molecular weight excluding hydrogens is 2020 g/mol. The monoisotopic (exact) mass is 2150 g/mol. The molecule has 2 aromatic heterocycles. The van der Waals surface area contributed by atoms with Crippen LogP contribution in [-0.2, 0) is 91.2 Å². The molecule has 2 fully saturated rings. The number of aromatic amines is 2. The summed E-state index contributed by atoms with van der Waals surface area (Å²) in [7, 11) is 3.69. The number of unbranched alkanes of at least 4 members (excludes halogenated alkanes) is 1. The number of aliphatic carboxylic acids is 1. The van der Waals surface area contributed by atoms with E-state index in [0.29, 0.717) is 50.9 Å². The second kappa shape index (κ2) is 55.0. The summed E-state index contributed by atoms with van der Waals surface area (Å²) in [5.74, 6) is -14.6. The number of aliphatic hydroxyl groups is 2. The topological polar surface area (TPSA) is 703 Å². The minimum Gasteiger partial charge on any atom is -0.508 e. The number of aromatic hydroxyl groups is 1. The number of benzene rings is 4. The van der Waals surface area contributed by atoms with Crippen LogP contribution in [0.25, 0.3) is 33.4 Å². The van der Waals surface area contributed by atoms with Crippen molar-refractivity contribution in [2.75, 3.05) is 50.0 Å². The third-order valence-electron chi connectivity index (χ3n) is 23.7. The van der Waals surface area contributed by atoms with Gasteiger partial charge in [0.1, 0.15) is 89.1 Å². The number of fused-ring (bicyclic) bond motifs is 3. The van der Waals surface area contributed by atoms with E-state index in [9.17, 15) is 112 Å². The zero-order valence-corrected chi connectivity index (χ0v) is 84.3. The number of rotatable bonds is 40. The molecule has 25 N–H and O–H groups in total.